The lowest BCUT2D eigenvalue weighted by Crippen LogP contribution is -2.67. The van der Waals surface area contributed by atoms with E-state index in [1.54, 1.807) is 16.9 Å². The fourth-order valence-corrected chi connectivity index (χ4v) is 3.95. The molecule has 2 aliphatic heterocycles. The van der Waals surface area contributed by atoms with Gasteiger partial charge < -0.3 is 29.5 Å². The molecule has 2 aliphatic rings. The van der Waals surface area contributed by atoms with E-state index in [4.69, 9.17) is 19.2 Å². The summed E-state index contributed by atoms with van der Waals surface area (Å²) in [5.74, 6) is 0.265. The molecule has 11 nitrogen and oxygen atoms in total. The maximum atomic E-state index is 13.4. The van der Waals surface area contributed by atoms with Gasteiger partial charge in [0.25, 0.3) is 12.4 Å². The van der Waals surface area contributed by atoms with Gasteiger partial charge in [0.1, 0.15) is 5.75 Å². The van der Waals surface area contributed by atoms with Gasteiger partial charge in [0.15, 0.2) is 0 Å². The van der Waals surface area contributed by atoms with Gasteiger partial charge in [0.2, 0.25) is 17.6 Å². The summed E-state index contributed by atoms with van der Waals surface area (Å²) >= 11 is 0. The summed E-state index contributed by atoms with van der Waals surface area (Å²) in [6.45, 7) is 1.18. The summed E-state index contributed by atoms with van der Waals surface area (Å²) in [6.07, 6.45) is 1.86. The van der Waals surface area contributed by atoms with E-state index in [0.717, 1.165) is 5.56 Å². The van der Waals surface area contributed by atoms with Crippen LogP contribution in [0.3, 0.4) is 0 Å². The molecule has 2 aromatic rings. The molecule has 0 atom stereocenters. The largest absolute Gasteiger partial charge is 0.497 e. The van der Waals surface area contributed by atoms with Crippen LogP contribution in [-0.2, 0) is 20.8 Å². The van der Waals surface area contributed by atoms with Crippen LogP contribution in [0.15, 0.2) is 41.1 Å². The van der Waals surface area contributed by atoms with Gasteiger partial charge in [-0.25, -0.2) is 0 Å². The molecule has 11 heteroatoms. The molecule has 0 bridgehead atoms. The molecule has 4 rings (SSSR count). The quantitative estimate of drug-likeness (QED) is 0.615. The first-order valence-corrected chi connectivity index (χ1v) is 9.89. The highest BCUT2D eigenvalue weighted by Crippen LogP contribution is 2.38. The van der Waals surface area contributed by atoms with Crippen molar-refractivity contribution in [1.82, 2.24) is 20.3 Å². The second-order valence-corrected chi connectivity index (χ2v) is 7.53. The lowest BCUT2D eigenvalue weighted by Gasteiger charge is -2.50. The van der Waals surface area contributed by atoms with Crippen LogP contribution in [0.2, 0.25) is 0 Å². The van der Waals surface area contributed by atoms with Crippen LogP contribution in [0.1, 0.15) is 16.1 Å². The number of aromatic nitrogens is 1. The SMILES string of the molecule is COc1cccc(CC2(C(=O)N3CCNC(=O)C3)CN(C(=O)c3ccno3)C2)c1.O=CO. The van der Waals surface area contributed by atoms with Gasteiger partial charge >= 0.3 is 0 Å². The maximum absolute atomic E-state index is 13.4. The van der Waals surface area contributed by atoms with Gasteiger partial charge in [-0.15, -0.1) is 0 Å². The molecule has 3 heterocycles. The molecule has 32 heavy (non-hydrogen) atoms. The zero-order chi connectivity index (χ0) is 23.1. The Kier molecular flexibility index (Phi) is 7.08. The van der Waals surface area contributed by atoms with Crippen molar-refractivity contribution in [3.05, 3.63) is 47.9 Å². The van der Waals surface area contributed by atoms with E-state index in [0.29, 0.717) is 25.3 Å². The summed E-state index contributed by atoms with van der Waals surface area (Å²) in [7, 11) is 1.59. The Morgan fingerprint density at radius 3 is 2.69 bits per heavy atom. The van der Waals surface area contributed by atoms with E-state index < -0.39 is 5.41 Å². The van der Waals surface area contributed by atoms with Crippen molar-refractivity contribution >= 4 is 24.2 Å². The number of nitrogens with one attached hydrogen (secondary N) is 1. The number of methoxy groups -OCH3 is 1. The summed E-state index contributed by atoms with van der Waals surface area (Å²) < 4.78 is 10.2. The van der Waals surface area contributed by atoms with Crippen molar-refractivity contribution in [3.8, 4) is 5.75 Å². The van der Waals surface area contributed by atoms with E-state index >= 15 is 0 Å². The Hall–Kier alpha value is -3.89. The monoisotopic (exact) mass is 444 g/mol. The van der Waals surface area contributed by atoms with E-state index in [1.807, 2.05) is 24.3 Å². The summed E-state index contributed by atoms with van der Waals surface area (Å²) in [5, 5.41) is 13.2. The molecule has 2 N–H and O–H groups in total. The number of amides is 3. The lowest BCUT2D eigenvalue weighted by atomic mass is 9.73. The number of benzene rings is 1. The zero-order valence-corrected chi connectivity index (χ0v) is 17.5. The van der Waals surface area contributed by atoms with E-state index in [1.165, 1.54) is 12.3 Å². The molecule has 2 saturated heterocycles. The molecule has 0 unspecified atom stereocenters. The molecule has 1 aromatic heterocycles. The van der Waals surface area contributed by atoms with Gasteiger partial charge in [-0.05, 0) is 24.1 Å². The topological polar surface area (TPSA) is 142 Å². The van der Waals surface area contributed by atoms with Crippen LogP contribution in [0, 0.1) is 5.41 Å². The second kappa shape index (κ2) is 9.94. The van der Waals surface area contributed by atoms with Gasteiger partial charge in [-0.2, -0.15) is 0 Å². The number of carbonyl (C=O) groups excluding carboxylic acids is 3. The number of hydrogen-bond donors (Lipinski definition) is 2. The molecule has 1 aromatic carbocycles. The predicted octanol–water partition coefficient (Wildman–Crippen LogP) is 0.0273. The summed E-state index contributed by atoms with van der Waals surface area (Å²) in [5.41, 5.74) is 0.144. The third-order valence-corrected chi connectivity index (χ3v) is 5.38. The number of likely N-dealkylation sites (tertiary alicyclic amines) is 1. The first-order chi connectivity index (χ1) is 15.4. The minimum absolute atomic E-state index is 0.0365. The standard InChI is InChI=1S/C20H22N4O5.CH2O2/c1-28-15-4-2-3-14(9-15)10-20(19(27)23-8-7-21-17(25)11-23)12-24(13-20)18(26)16-5-6-22-29-16;2-1-3/h2-6,9H,7-8,10-13H2,1H3,(H,21,25);1H,(H,2,3). The normalized spacial score (nSPS) is 16.7. The molecular formula is C21H24N4O7. The van der Waals surface area contributed by atoms with Crippen LogP contribution in [0.25, 0.3) is 0 Å². The van der Waals surface area contributed by atoms with E-state index in [9.17, 15) is 14.4 Å². The number of nitrogens with zero attached hydrogens (tertiary/aromatic N) is 3. The van der Waals surface area contributed by atoms with Crippen LogP contribution in [0.4, 0.5) is 0 Å². The minimum atomic E-state index is -0.792. The molecule has 0 aliphatic carbocycles. The number of hydrogen-bond acceptors (Lipinski definition) is 7. The molecule has 0 spiro atoms. The number of ether oxygens (including phenoxy) is 1. The average Bonchev–Trinajstić information content (AvgIpc) is 3.31. The van der Waals surface area contributed by atoms with Gasteiger partial charge in [-0.1, -0.05) is 17.3 Å². The van der Waals surface area contributed by atoms with Crippen molar-refractivity contribution in [2.24, 2.45) is 5.41 Å². The van der Waals surface area contributed by atoms with Crippen molar-refractivity contribution in [2.45, 2.75) is 6.42 Å². The van der Waals surface area contributed by atoms with Crippen molar-refractivity contribution < 1.29 is 33.5 Å². The molecule has 0 radical (unpaired) electrons. The second-order valence-electron chi connectivity index (χ2n) is 7.53. The highest BCUT2D eigenvalue weighted by atomic mass is 16.5. The zero-order valence-electron chi connectivity index (χ0n) is 17.5. The maximum Gasteiger partial charge on any atom is 0.292 e. The Labute approximate surface area is 183 Å². The van der Waals surface area contributed by atoms with Crippen LogP contribution < -0.4 is 10.1 Å². The third-order valence-electron chi connectivity index (χ3n) is 5.38. The Morgan fingerprint density at radius 2 is 2.06 bits per heavy atom. The lowest BCUT2D eigenvalue weighted by molar-refractivity contribution is -0.154. The van der Waals surface area contributed by atoms with Gasteiger partial charge in [-0.3, -0.25) is 19.2 Å². The van der Waals surface area contributed by atoms with Crippen molar-refractivity contribution in [2.75, 3.05) is 39.8 Å². The molecule has 2 fully saturated rings. The van der Waals surface area contributed by atoms with Crippen molar-refractivity contribution in [1.29, 1.82) is 0 Å². The van der Waals surface area contributed by atoms with Crippen molar-refractivity contribution in [3.63, 3.8) is 0 Å². The molecular weight excluding hydrogens is 420 g/mol. The number of rotatable bonds is 5. The third kappa shape index (κ3) is 4.88. The Morgan fingerprint density at radius 1 is 1.31 bits per heavy atom. The number of carbonyl (C=O) groups is 4. The van der Waals surface area contributed by atoms with E-state index in [2.05, 4.69) is 10.5 Å². The smallest absolute Gasteiger partial charge is 0.292 e. The van der Waals surface area contributed by atoms with E-state index in [-0.39, 0.29) is 49.6 Å². The number of piperazine rings is 1. The first kappa shape index (κ1) is 22.8. The van der Waals surface area contributed by atoms with Gasteiger partial charge in [0, 0.05) is 32.2 Å². The van der Waals surface area contributed by atoms with Gasteiger partial charge in [0.05, 0.1) is 25.3 Å². The molecule has 3 amide bonds. The molecule has 0 saturated carbocycles. The predicted molar refractivity (Wildman–Crippen MR) is 110 cm³/mol. The highest BCUT2D eigenvalue weighted by Gasteiger charge is 2.53. The Balaban J connectivity index is 0.000000913. The van der Waals surface area contributed by atoms with Crippen LogP contribution >= 0.6 is 0 Å². The first-order valence-electron chi connectivity index (χ1n) is 9.89. The highest BCUT2D eigenvalue weighted by molar-refractivity contribution is 5.96. The summed E-state index contributed by atoms with van der Waals surface area (Å²) in [4.78, 5) is 49.3. The minimum Gasteiger partial charge on any atom is -0.497 e. The average molecular weight is 444 g/mol. The van der Waals surface area contributed by atoms with Crippen LogP contribution in [-0.4, -0.2) is 84.1 Å². The fraction of sp³-hybridized carbons (Fsp3) is 0.381. The fourth-order valence-electron chi connectivity index (χ4n) is 3.95. The molecule has 170 valence electrons. The number of carboxylic acid groups (broad SMARTS) is 1. The Bertz CT molecular complexity index is 970. The summed E-state index contributed by atoms with van der Waals surface area (Å²) in [6, 6.07) is 9.03. The van der Waals surface area contributed by atoms with Crippen LogP contribution in [0.5, 0.6) is 5.75 Å².